The van der Waals surface area contributed by atoms with Gasteiger partial charge in [0.15, 0.2) is 0 Å². The monoisotopic (exact) mass is 234 g/mol. The molecule has 0 spiro atoms. The lowest BCUT2D eigenvalue weighted by atomic mass is 9.80. The van der Waals surface area contributed by atoms with Gasteiger partial charge in [-0.1, -0.05) is 12.1 Å². The average molecular weight is 234 g/mol. The molecule has 0 heterocycles. The lowest BCUT2D eigenvalue weighted by Gasteiger charge is -2.36. The van der Waals surface area contributed by atoms with Gasteiger partial charge in [-0.25, -0.2) is 4.39 Å². The predicted molar refractivity (Wildman–Crippen MR) is 61.6 cm³/mol. The zero-order valence-corrected chi connectivity index (χ0v) is 9.54. The number of hydrogen-bond donors (Lipinski definition) is 2. The van der Waals surface area contributed by atoms with Crippen LogP contribution in [0.15, 0.2) is 18.2 Å². The van der Waals surface area contributed by atoms with E-state index in [9.17, 15) is 9.50 Å². The smallest absolute Gasteiger partial charge is 0.145 e. The molecule has 1 aromatic rings. The molecule has 1 fully saturated rings. The first-order valence-corrected chi connectivity index (χ1v) is 5.75. The van der Waals surface area contributed by atoms with Gasteiger partial charge in [0.05, 0.1) is 11.2 Å². The Morgan fingerprint density at radius 2 is 2.24 bits per heavy atom. The molecule has 0 aliphatic heterocycles. The topological polar surface area (TPSA) is 56.0 Å². The first kappa shape index (κ1) is 12.0. The van der Waals surface area contributed by atoms with Gasteiger partial charge in [-0.3, -0.25) is 0 Å². The van der Waals surface area contributed by atoms with Gasteiger partial charge in [0.2, 0.25) is 0 Å². The standard InChI is InChI=1S/C13H15FN2O/c14-12-10(7-15)3-1-4-11(12)8-16-9-13(17)5-2-6-13/h1,3-4,16-17H,2,5-6,8-9H2. The summed E-state index contributed by atoms with van der Waals surface area (Å²) in [7, 11) is 0. The highest BCUT2D eigenvalue weighted by molar-refractivity contribution is 5.34. The Kier molecular flexibility index (Phi) is 3.41. The average Bonchev–Trinajstić information content (AvgIpc) is 2.29. The number of benzene rings is 1. The third kappa shape index (κ3) is 2.63. The maximum Gasteiger partial charge on any atom is 0.145 e. The third-order valence-electron chi connectivity index (χ3n) is 3.25. The third-order valence-corrected chi connectivity index (χ3v) is 3.25. The summed E-state index contributed by atoms with van der Waals surface area (Å²) in [5, 5.41) is 21.6. The molecule has 0 radical (unpaired) electrons. The van der Waals surface area contributed by atoms with Crippen molar-refractivity contribution in [1.82, 2.24) is 5.32 Å². The van der Waals surface area contributed by atoms with Crippen LogP contribution in [0.2, 0.25) is 0 Å². The molecule has 90 valence electrons. The fraction of sp³-hybridized carbons (Fsp3) is 0.462. The highest BCUT2D eigenvalue weighted by Crippen LogP contribution is 2.30. The Balaban J connectivity index is 1.93. The van der Waals surface area contributed by atoms with Gasteiger partial charge < -0.3 is 10.4 Å². The molecule has 0 bridgehead atoms. The molecule has 0 unspecified atom stereocenters. The van der Waals surface area contributed by atoms with Crippen molar-refractivity contribution in [1.29, 1.82) is 5.26 Å². The first-order chi connectivity index (χ1) is 8.14. The second-order valence-electron chi connectivity index (χ2n) is 4.57. The van der Waals surface area contributed by atoms with Crippen LogP contribution in [0.3, 0.4) is 0 Å². The summed E-state index contributed by atoms with van der Waals surface area (Å²) in [5.41, 5.74) is -0.0813. The van der Waals surface area contributed by atoms with Gasteiger partial charge in [-0.05, 0) is 25.3 Å². The predicted octanol–water partition coefficient (Wildman–Crippen LogP) is 1.70. The quantitative estimate of drug-likeness (QED) is 0.833. The van der Waals surface area contributed by atoms with E-state index in [1.807, 2.05) is 6.07 Å². The molecular weight excluding hydrogens is 219 g/mol. The van der Waals surface area contributed by atoms with Crippen LogP contribution in [0.5, 0.6) is 0 Å². The number of hydrogen-bond acceptors (Lipinski definition) is 3. The van der Waals surface area contributed by atoms with Crippen molar-refractivity contribution in [3.63, 3.8) is 0 Å². The van der Waals surface area contributed by atoms with E-state index in [4.69, 9.17) is 5.26 Å². The second kappa shape index (κ2) is 4.82. The van der Waals surface area contributed by atoms with Crippen LogP contribution in [0.1, 0.15) is 30.4 Å². The molecule has 0 atom stereocenters. The molecule has 0 saturated heterocycles. The second-order valence-corrected chi connectivity index (χ2v) is 4.57. The molecule has 0 amide bonds. The number of nitrogens with one attached hydrogen (secondary N) is 1. The first-order valence-electron chi connectivity index (χ1n) is 5.75. The van der Waals surface area contributed by atoms with Crippen molar-refractivity contribution in [3.05, 3.63) is 35.1 Å². The summed E-state index contributed by atoms with van der Waals surface area (Å²) in [6.07, 6.45) is 2.66. The molecule has 0 aromatic heterocycles. The van der Waals surface area contributed by atoms with E-state index >= 15 is 0 Å². The van der Waals surface area contributed by atoms with Crippen molar-refractivity contribution in [2.45, 2.75) is 31.4 Å². The number of rotatable bonds is 4. The van der Waals surface area contributed by atoms with E-state index in [2.05, 4.69) is 5.32 Å². The van der Waals surface area contributed by atoms with Gasteiger partial charge in [0.25, 0.3) is 0 Å². The van der Waals surface area contributed by atoms with Gasteiger partial charge in [0.1, 0.15) is 11.9 Å². The molecule has 2 rings (SSSR count). The van der Waals surface area contributed by atoms with E-state index in [1.165, 1.54) is 6.07 Å². The number of aliphatic hydroxyl groups is 1. The zero-order chi connectivity index (χ0) is 12.3. The summed E-state index contributed by atoms with van der Waals surface area (Å²) >= 11 is 0. The van der Waals surface area contributed by atoms with Crippen LogP contribution >= 0.6 is 0 Å². The number of halogens is 1. The Hall–Kier alpha value is -1.44. The van der Waals surface area contributed by atoms with Crippen LogP contribution in [-0.2, 0) is 6.54 Å². The summed E-state index contributed by atoms with van der Waals surface area (Å²) in [4.78, 5) is 0. The minimum Gasteiger partial charge on any atom is -0.389 e. The summed E-state index contributed by atoms with van der Waals surface area (Å²) < 4.78 is 13.7. The van der Waals surface area contributed by atoms with Crippen molar-refractivity contribution < 1.29 is 9.50 Å². The Morgan fingerprint density at radius 1 is 1.47 bits per heavy atom. The SMILES string of the molecule is N#Cc1cccc(CNCC2(O)CCC2)c1F. The van der Waals surface area contributed by atoms with E-state index in [-0.39, 0.29) is 5.56 Å². The van der Waals surface area contributed by atoms with Crippen molar-refractivity contribution in [2.75, 3.05) is 6.54 Å². The van der Waals surface area contributed by atoms with Crippen molar-refractivity contribution in [3.8, 4) is 6.07 Å². The zero-order valence-electron chi connectivity index (χ0n) is 9.54. The summed E-state index contributed by atoms with van der Waals surface area (Å²) in [5.74, 6) is -0.469. The maximum atomic E-state index is 13.7. The number of nitrogens with zero attached hydrogens (tertiary/aromatic N) is 1. The fourth-order valence-corrected chi connectivity index (χ4v) is 1.99. The fourth-order valence-electron chi connectivity index (χ4n) is 1.99. The van der Waals surface area contributed by atoms with Crippen molar-refractivity contribution in [2.24, 2.45) is 0 Å². The lowest BCUT2D eigenvalue weighted by molar-refractivity contribution is -0.0315. The van der Waals surface area contributed by atoms with Crippen LogP contribution < -0.4 is 5.32 Å². The molecule has 2 N–H and O–H groups in total. The van der Waals surface area contributed by atoms with Crippen LogP contribution in [0.25, 0.3) is 0 Å². The van der Waals surface area contributed by atoms with Gasteiger partial charge >= 0.3 is 0 Å². The summed E-state index contributed by atoms with van der Waals surface area (Å²) in [6, 6.07) is 6.58. The highest BCUT2D eigenvalue weighted by Gasteiger charge is 2.33. The largest absolute Gasteiger partial charge is 0.389 e. The molecule has 1 aliphatic rings. The highest BCUT2D eigenvalue weighted by atomic mass is 19.1. The molecule has 3 nitrogen and oxygen atoms in total. The molecule has 1 saturated carbocycles. The number of nitriles is 1. The minimum absolute atomic E-state index is 0.0617. The van der Waals surface area contributed by atoms with E-state index in [0.717, 1.165) is 19.3 Å². The molecule has 4 heteroatoms. The van der Waals surface area contributed by atoms with Gasteiger partial charge in [-0.15, -0.1) is 0 Å². The van der Waals surface area contributed by atoms with Crippen molar-refractivity contribution >= 4 is 0 Å². The normalized spacial score (nSPS) is 17.2. The van der Waals surface area contributed by atoms with Crippen LogP contribution in [0, 0.1) is 17.1 Å². The maximum absolute atomic E-state index is 13.7. The Bertz CT molecular complexity index is 449. The summed E-state index contributed by atoms with van der Waals surface area (Å²) in [6.45, 7) is 0.812. The molecule has 17 heavy (non-hydrogen) atoms. The van der Waals surface area contributed by atoms with E-state index in [0.29, 0.717) is 18.7 Å². The van der Waals surface area contributed by atoms with Gasteiger partial charge in [0, 0.05) is 18.7 Å². The molecular formula is C13H15FN2O. The van der Waals surface area contributed by atoms with E-state index < -0.39 is 11.4 Å². The molecule has 1 aliphatic carbocycles. The van der Waals surface area contributed by atoms with E-state index in [1.54, 1.807) is 12.1 Å². The Morgan fingerprint density at radius 3 is 2.82 bits per heavy atom. The van der Waals surface area contributed by atoms with Crippen LogP contribution in [0.4, 0.5) is 4.39 Å². The van der Waals surface area contributed by atoms with Crippen LogP contribution in [-0.4, -0.2) is 17.3 Å². The lowest BCUT2D eigenvalue weighted by Crippen LogP contribution is -2.46. The van der Waals surface area contributed by atoms with Gasteiger partial charge in [-0.2, -0.15) is 5.26 Å². The minimum atomic E-state index is -0.608. The molecule has 1 aromatic carbocycles. The Labute approximate surface area is 99.9 Å².